The molecule has 2 N–H and O–H groups in total. The number of nitrogens with zero attached hydrogens (tertiary/aromatic N) is 2. The first-order valence-electron chi connectivity index (χ1n) is 11.9. The number of imide groups is 1. The predicted molar refractivity (Wildman–Crippen MR) is 124 cm³/mol. The Labute approximate surface area is 189 Å². The maximum atomic E-state index is 13.7. The average Bonchev–Trinajstić information content (AvgIpc) is 3.27. The highest BCUT2D eigenvalue weighted by Crippen LogP contribution is 2.44. The van der Waals surface area contributed by atoms with Crippen LogP contribution in [0.4, 0.5) is 4.79 Å². The molecule has 4 rings (SSSR count). The van der Waals surface area contributed by atoms with Gasteiger partial charge in [-0.05, 0) is 44.2 Å². The number of H-pyrrole nitrogens is 1. The van der Waals surface area contributed by atoms with Crippen LogP contribution in [-0.4, -0.2) is 51.8 Å². The molecule has 32 heavy (non-hydrogen) atoms. The molecule has 3 atom stereocenters. The van der Waals surface area contributed by atoms with Gasteiger partial charge < -0.3 is 15.2 Å². The highest BCUT2D eigenvalue weighted by Gasteiger charge is 2.60. The Balaban J connectivity index is 1.56. The maximum Gasteiger partial charge on any atom is 0.328 e. The molecule has 1 fully saturated rings. The summed E-state index contributed by atoms with van der Waals surface area (Å²) in [6.07, 6.45) is 5.00. The quantitative estimate of drug-likeness (QED) is 0.613. The van der Waals surface area contributed by atoms with Crippen LogP contribution in [0.5, 0.6) is 0 Å². The summed E-state index contributed by atoms with van der Waals surface area (Å²) >= 11 is 0. The van der Waals surface area contributed by atoms with E-state index in [1.54, 1.807) is 18.7 Å². The zero-order chi connectivity index (χ0) is 23.0. The van der Waals surface area contributed by atoms with Crippen molar-refractivity contribution < 1.29 is 14.4 Å². The Hall–Kier alpha value is -2.83. The molecule has 0 bridgehead atoms. The first-order chi connectivity index (χ1) is 15.3. The number of unbranched alkanes of at least 4 members (excludes halogenated alkanes) is 1. The van der Waals surface area contributed by atoms with Crippen LogP contribution in [0.1, 0.15) is 64.6 Å². The molecule has 1 unspecified atom stereocenters. The minimum Gasteiger partial charge on any atom is -0.356 e. The van der Waals surface area contributed by atoms with Gasteiger partial charge in [0.1, 0.15) is 6.04 Å². The molecule has 3 heterocycles. The Bertz CT molecular complexity index is 1040. The number of aromatic amines is 1. The topological polar surface area (TPSA) is 85.5 Å². The summed E-state index contributed by atoms with van der Waals surface area (Å²) in [5, 5.41) is 4.07. The Kier molecular flexibility index (Phi) is 6.01. The van der Waals surface area contributed by atoms with Crippen LogP contribution >= 0.6 is 0 Å². The van der Waals surface area contributed by atoms with Gasteiger partial charge in [0.25, 0.3) is 5.91 Å². The van der Waals surface area contributed by atoms with E-state index in [1.807, 2.05) is 24.3 Å². The van der Waals surface area contributed by atoms with Crippen molar-refractivity contribution in [1.82, 2.24) is 20.1 Å². The molecule has 1 saturated heterocycles. The lowest BCUT2D eigenvalue weighted by molar-refractivity contribution is -0.139. The largest absolute Gasteiger partial charge is 0.356 e. The highest BCUT2D eigenvalue weighted by atomic mass is 16.2. The third-order valence-corrected chi connectivity index (χ3v) is 7.37. The Morgan fingerprint density at radius 1 is 1.25 bits per heavy atom. The van der Waals surface area contributed by atoms with Gasteiger partial charge in [-0.1, -0.05) is 51.3 Å². The molecule has 2 aromatic rings. The molecule has 172 valence electrons. The molecule has 0 radical (unpaired) electrons. The van der Waals surface area contributed by atoms with Crippen molar-refractivity contribution in [1.29, 1.82) is 0 Å². The number of aromatic nitrogens is 1. The van der Waals surface area contributed by atoms with Gasteiger partial charge in [-0.3, -0.25) is 9.59 Å². The fourth-order valence-electron chi connectivity index (χ4n) is 5.21. The number of amides is 4. The van der Waals surface area contributed by atoms with Crippen LogP contribution in [-0.2, 0) is 21.5 Å². The number of para-hydroxylation sites is 1. The van der Waals surface area contributed by atoms with Gasteiger partial charge in [0.2, 0.25) is 5.91 Å². The number of hydrogen-bond donors (Lipinski definition) is 2. The van der Waals surface area contributed by atoms with E-state index in [2.05, 4.69) is 24.1 Å². The number of carbonyl (C=O) groups is 3. The maximum absolute atomic E-state index is 13.7. The zero-order valence-corrected chi connectivity index (χ0v) is 19.5. The number of urea groups is 1. The van der Waals surface area contributed by atoms with Crippen molar-refractivity contribution in [2.45, 2.75) is 71.4 Å². The van der Waals surface area contributed by atoms with Crippen molar-refractivity contribution in [3.05, 3.63) is 35.5 Å². The smallest absolute Gasteiger partial charge is 0.328 e. The molecule has 0 aliphatic carbocycles. The van der Waals surface area contributed by atoms with Crippen molar-refractivity contribution >= 4 is 28.7 Å². The SMILES string of the molecule is CCCCC(CC)CNC(=O)[C@H](C)N1C(=O)N2CCc3c([nH]c4ccccc34)[C@@]2(C)C1=O. The summed E-state index contributed by atoms with van der Waals surface area (Å²) in [5.41, 5.74) is 1.69. The lowest BCUT2D eigenvalue weighted by Gasteiger charge is -2.36. The van der Waals surface area contributed by atoms with Crippen LogP contribution in [0.25, 0.3) is 10.9 Å². The van der Waals surface area contributed by atoms with Gasteiger partial charge in [-0.25, -0.2) is 9.69 Å². The van der Waals surface area contributed by atoms with Gasteiger partial charge in [-0.15, -0.1) is 0 Å². The second-order valence-electron chi connectivity index (χ2n) is 9.29. The number of hydrogen-bond acceptors (Lipinski definition) is 3. The van der Waals surface area contributed by atoms with Crippen molar-refractivity contribution in [3.63, 3.8) is 0 Å². The van der Waals surface area contributed by atoms with Crippen molar-refractivity contribution in [2.75, 3.05) is 13.1 Å². The Morgan fingerprint density at radius 3 is 2.72 bits per heavy atom. The molecule has 4 amide bonds. The minimum absolute atomic E-state index is 0.276. The second kappa shape index (κ2) is 8.60. The van der Waals surface area contributed by atoms with E-state index in [4.69, 9.17) is 0 Å². The lowest BCUT2D eigenvalue weighted by atomic mass is 9.87. The molecule has 1 aromatic heterocycles. The van der Waals surface area contributed by atoms with Crippen molar-refractivity contribution in [2.24, 2.45) is 5.92 Å². The highest BCUT2D eigenvalue weighted by molar-refractivity contribution is 6.10. The fraction of sp³-hybridized carbons (Fsp3) is 0.560. The normalized spacial score (nSPS) is 22.1. The van der Waals surface area contributed by atoms with Crippen molar-refractivity contribution in [3.8, 4) is 0 Å². The molecular weight excluding hydrogens is 404 g/mol. The van der Waals surface area contributed by atoms with Crippen LogP contribution in [0.3, 0.4) is 0 Å². The predicted octanol–water partition coefficient (Wildman–Crippen LogP) is 3.92. The summed E-state index contributed by atoms with van der Waals surface area (Å²) in [6, 6.07) is 6.72. The number of fused-ring (bicyclic) bond motifs is 5. The third kappa shape index (κ3) is 3.38. The van der Waals surface area contributed by atoms with Gasteiger partial charge in [0.15, 0.2) is 5.54 Å². The second-order valence-corrected chi connectivity index (χ2v) is 9.29. The van der Waals surface area contributed by atoms with Gasteiger partial charge in [-0.2, -0.15) is 0 Å². The van der Waals surface area contributed by atoms with E-state index in [1.165, 1.54) is 0 Å². The summed E-state index contributed by atoms with van der Waals surface area (Å²) in [7, 11) is 0. The van der Waals surface area contributed by atoms with E-state index < -0.39 is 11.6 Å². The zero-order valence-electron chi connectivity index (χ0n) is 19.5. The number of carbonyl (C=O) groups excluding carboxylic acids is 3. The van der Waals surface area contributed by atoms with Gasteiger partial charge in [0, 0.05) is 24.0 Å². The van der Waals surface area contributed by atoms with E-state index in [0.29, 0.717) is 25.4 Å². The molecule has 2 aliphatic heterocycles. The summed E-state index contributed by atoms with van der Waals surface area (Å²) in [6.45, 7) is 8.75. The molecule has 2 aliphatic rings. The van der Waals surface area contributed by atoms with Gasteiger partial charge >= 0.3 is 6.03 Å². The lowest BCUT2D eigenvalue weighted by Crippen LogP contribution is -2.50. The monoisotopic (exact) mass is 438 g/mol. The molecule has 7 heteroatoms. The molecule has 1 aromatic carbocycles. The molecule has 7 nitrogen and oxygen atoms in total. The number of benzene rings is 1. The molecular formula is C25H34N4O3. The summed E-state index contributed by atoms with van der Waals surface area (Å²) < 4.78 is 0. The van der Waals surface area contributed by atoms with E-state index in [-0.39, 0.29) is 17.8 Å². The molecule has 0 saturated carbocycles. The van der Waals surface area contributed by atoms with Gasteiger partial charge in [0.05, 0.1) is 5.69 Å². The van der Waals surface area contributed by atoms with Crippen LogP contribution in [0.15, 0.2) is 24.3 Å². The number of nitrogens with one attached hydrogen (secondary N) is 2. The average molecular weight is 439 g/mol. The Morgan fingerprint density at radius 2 is 2.00 bits per heavy atom. The first kappa shape index (κ1) is 22.4. The van der Waals surface area contributed by atoms with E-state index >= 15 is 0 Å². The van der Waals surface area contributed by atoms with Crippen LogP contribution in [0, 0.1) is 5.92 Å². The summed E-state index contributed by atoms with van der Waals surface area (Å²) in [4.78, 5) is 46.1. The molecule has 0 spiro atoms. The third-order valence-electron chi connectivity index (χ3n) is 7.37. The number of rotatable bonds is 8. The first-order valence-corrected chi connectivity index (χ1v) is 11.9. The van der Waals surface area contributed by atoms with Crippen LogP contribution in [0.2, 0.25) is 0 Å². The fourth-order valence-corrected chi connectivity index (χ4v) is 5.21. The summed E-state index contributed by atoms with van der Waals surface area (Å²) in [5.74, 6) is -0.202. The van der Waals surface area contributed by atoms with Crippen LogP contribution < -0.4 is 5.32 Å². The minimum atomic E-state index is -1.12. The standard InChI is InChI=1S/C25H34N4O3/c1-5-7-10-17(6-2)15-26-22(30)16(3)29-23(31)25(4)21-19(13-14-28(25)24(29)32)18-11-8-9-12-20(18)27-21/h8-9,11-12,16-17,27H,5-7,10,13-15H2,1-4H3,(H,26,30)/t16-,17?,25-/m0/s1. The van der Waals surface area contributed by atoms with E-state index in [0.717, 1.165) is 52.7 Å². The van der Waals surface area contributed by atoms with E-state index in [9.17, 15) is 14.4 Å².